The van der Waals surface area contributed by atoms with Gasteiger partial charge in [0.1, 0.15) is 36.3 Å². The van der Waals surface area contributed by atoms with Crippen LogP contribution in [0.4, 0.5) is 0 Å². The molecule has 0 radical (unpaired) electrons. The van der Waals surface area contributed by atoms with Crippen LogP contribution in [-0.2, 0) is 54.4 Å². The van der Waals surface area contributed by atoms with Crippen LogP contribution in [0.15, 0.2) is 17.5 Å². The fourth-order valence-electron chi connectivity index (χ4n) is 5.17. The quantitative estimate of drug-likeness (QED) is 0.0223. The molecule has 0 aliphatic rings. The second-order valence-corrected chi connectivity index (χ2v) is 13.8. The minimum Gasteiger partial charge on any atom is -0.370 e. The first-order valence-corrected chi connectivity index (χ1v) is 18.3. The lowest BCUT2D eigenvalue weighted by Crippen LogP contribution is -2.60. The van der Waals surface area contributed by atoms with Crippen LogP contribution in [0.1, 0.15) is 65.0 Å². The van der Waals surface area contributed by atoms with E-state index in [1.807, 2.05) is 0 Å². The van der Waals surface area contributed by atoms with Gasteiger partial charge in [-0.25, -0.2) is 4.98 Å². The van der Waals surface area contributed by atoms with E-state index in [0.29, 0.717) is 5.69 Å². The van der Waals surface area contributed by atoms with Crippen LogP contribution in [0, 0.1) is 5.92 Å². The summed E-state index contributed by atoms with van der Waals surface area (Å²) in [6, 6.07) is -9.92. The molecule has 10 amide bonds. The standard InChI is InChI=1S/C33H56N16O10/c1-14(2)25(49-29(56)19(6-7-22(35)50)46-28(55)17(34)10-23(36)51)32(59)44-15(3)27(54)47-21(11-24(37)52)31(58)48-20(9-16-12-41-13-43-16)30(57)45-18(26(38)53)5-4-8-42-33(39)40/h12-15,17-21,25H,4-11,34H2,1-3H3,(H2,35,50)(H2,36,51)(H2,37,52)(H2,38,53)(H,41,43)(H,44,59)(H,45,57)(H,46,55)(H,47,54)(H,48,58)(H,49,56)(H4,39,40,42)/t15-,17-,18-,19-,20-,21-,25-/m0/s1. The maximum Gasteiger partial charge on any atom is 0.243 e. The highest BCUT2D eigenvalue weighted by atomic mass is 16.2. The Kier molecular flexibility index (Phi) is 21.0. The number of aromatic nitrogens is 2. The van der Waals surface area contributed by atoms with E-state index in [0.717, 1.165) is 0 Å². The fraction of sp³-hybridized carbons (Fsp3) is 0.576. The average molecular weight is 837 g/mol. The molecule has 0 aliphatic heterocycles. The highest BCUT2D eigenvalue weighted by Gasteiger charge is 2.34. The van der Waals surface area contributed by atoms with Gasteiger partial charge < -0.3 is 77.0 Å². The number of aliphatic imine (C=N–C) groups is 1. The zero-order valence-electron chi connectivity index (χ0n) is 32.9. The van der Waals surface area contributed by atoms with Crippen LogP contribution in [0.25, 0.3) is 0 Å². The molecule has 1 rings (SSSR count). The van der Waals surface area contributed by atoms with Gasteiger partial charge in [0.25, 0.3) is 0 Å². The van der Waals surface area contributed by atoms with Crippen LogP contribution < -0.4 is 72.0 Å². The van der Waals surface area contributed by atoms with Crippen LogP contribution in [0.5, 0.6) is 0 Å². The van der Waals surface area contributed by atoms with E-state index < -0.39 is 120 Å². The molecule has 0 bridgehead atoms. The Morgan fingerprint density at radius 2 is 1.20 bits per heavy atom. The molecule has 0 fully saturated rings. The van der Waals surface area contributed by atoms with Gasteiger partial charge in [0.15, 0.2) is 5.96 Å². The predicted molar refractivity (Wildman–Crippen MR) is 208 cm³/mol. The first kappa shape index (κ1) is 50.2. The molecular weight excluding hydrogens is 780 g/mol. The molecule has 0 saturated heterocycles. The molecule has 1 heterocycles. The molecule has 59 heavy (non-hydrogen) atoms. The summed E-state index contributed by atoms with van der Waals surface area (Å²) < 4.78 is 0. The topological polar surface area (TPSA) is 466 Å². The summed E-state index contributed by atoms with van der Waals surface area (Å²) >= 11 is 0. The Balaban J connectivity index is 3.17. The second-order valence-electron chi connectivity index (χ2n) is 13.8. The minimum atomic E-state index is -1.68. The van der Waals surface area contributed by atoms with Gasteiger partial charge >= 0.3 is 0 Å². The van der Waals surface area contributed by atoms with Crippen molar-refractivity contribution in [1.82, 2.24) is 41.9 Å². The summed E-state index contributed by atoms with van der Waals surface area (Å²) in [5, 5.41) is 14.3. The van der Waals surface area contributed by atoms with Gasteiger partial charge in [0.05, 0.1) is 25.2 Å². The molecule has 26 nitrogen and oxygen atoms in total. The van der Waals surface area contributed by atoms with Crippen LogP contribution in [0.3, 0.4) is 0 Å². The summed E-state index contributed by atoms with van der Waals surface area (Å²) in [7, 11) is 0. The fourth-order valence-corrected chi connectivity index (χ4v) is 5.17. The van der Waals surface area contributed by atoms with Crippen molar-refractivity contribution in [3.63, 3.8) is 0 Å². The maximum atomic E-state index is 13.6. The van der Waals surface area contributed by atoms with E-state index in [4.69, 9.17) is 40.1 Å². The van der Waals surface area contributed by atoms with E-state index in [2.05, 4.69) is 46.9 Å². The number of aromatic amines is 1. The average Bonchev–Trinajstić information content (AvgIpc) is 3.64. The number of hydrogen-bond donors (Lipinski definition) is 14. The molecule has 1 aromatic heterocycles. The molecular formula is C33H56N16O10. The minimum absolute atomic E-state index is 0.0352. The number of primary amides is 4. The van der Waals surface area contributed by atoms with Gasteiger partial charge in [-0.05, 0) is 32.1 Å². The van der Waals surface area contributed by atoms with E-state index in [9.17, 15) is 47.9 Å². The molecule has 1 aromatic rings. The number of imidazole rings is 1. The van der Waals surface area contributed by atoms with Crippen LogP contribution in [0.2, 0.25) is 0 Å². The first-order chi connectivity index (χ1) is 27.5. The smallest absolute Gasteiger partial charge is 0.243 e. The van der Waals surface area contributed by atoms with Crippen molar-refractivity contribution in [1.29, 1.82) is 0 Å². The molecule has 0 aliphatic carbocycles. The van der Waals surface area contributed by atoms with Crippen molar-refractivity contribution in [2.24, 2.45) is 51.0 Å². The normalized spacial score (nSPS) is 14.4. The number of H-pyrrole nitrogens is 1. The Labute approximate surface area is 338 Å². The van der Waals surface area contributed by atoms with Gasteiger partial charge in [-0.2, -0.15) is 0 Å². The number of nitrogens with zero attached hydrogens (tertiary/aromatic N) is 2. The molecule has 0 spiro atoms. The number of hydrogen-bond acceptors (Lipinski definition) is 13. The highest BCUT2D eigenvalue weighted by Crippen LogP contribution is 2.08. The lowest BCUT2D eigenvalue weighted by Gasteiger charge is -2.27. The molecule has 328 valence electrons. The van der Waals surface area contributed by atoms with E-state index in [1.54, 1.807) is 13.8 Å². The Morgan fingerprint density at radius 3 is 1.73 bits per heavy atom. The van der Waals surface area contributed by atoms with Crippen molar-refractivity contribution in [3.8, 4) is 0 Å². The third-order valence-electron chi connectivity index (χ3n) is 8.32. The zero-order valence-corrected chi connectivity index (χ0v) is 32.9. The molecule has 0 saturated carbocycles. The highest BCUT2D eigenvalue weighted by molar-refractivity contribution is 5.98. The summed E-state index contributed by atoms with van der Waals surface area (Å²) in [5.74, 6) is -10.1. The second kappa shape index (κ2) is 24.7. The third-order valence-corrected chi connectivity index (χ3v) is 8.32. The molecule has 21 N–H and O–H groups in total. The van der Waals surface area contributed by atoms with Crippen molar-refractivity contribution in [2.75, 3.05) is 6.54 Å². The van der Waals surface area contributed by atoms with Gasteiger partial charge in [-0.15, -0.1) is 0 Å². The lowest BCUT2D eigenvalue weighted by atomic mass is 10.0. The van der Waals surface area contributed by atoms with Gasteiger partial charge in [-0.1, -0.05) is 13.8 Å². The van der Waals surface area contributed by atoms with Gasteiger partial charge in [0, 0.05) is 31.3 Å². The van der Waals surface area contributed by atoms with E-state index in [-0.39, 0.29) is 44.6 Å². The molecule has 26 heteroatoms. The van der Waals surface area contributed by atoms with Gasteiger partial charge in [-0.3, -0.25) is 52.9 Å². The summed E-state index contributed by atoms with van der Waals surface area (Å²) in [6.45, 7) is 4.46. The van der Waals surface area contributed by atoms with E-state index >= 15 is 0 Å². The van der Waals surface area contributed by atoms with E-state index in [1.165, 1.54) is 19.4 Å². The predicted octanol–water partition coefficient (Wildman–Crippen LogP) is -7.58. The van der Waals surface area contributed by atoms with Crippen molar-refractivity contribution >= 4 is 65.0 Å². The zero-order chi connectivity index (χ0) is 45.0. The van der Waals surface area contributed by atoms with Gasteiger partial charge in [0.2, 0.25) is 59.1 Å². The molecule has 7 atom stereocenters. The van der Waals surface area contributed by atoms with Crippen molar-refractivity contribution < 1.29 is 47.9 Å². The number of carbonyl (C=O) groups is 10. The van der Waals surface area contributed by atoms with Crippen molar-refractivity contribution in [2.45, 2.75) is 108 Å². The maximum absolute atomic E-state index is 13.6. The molecule has 0 unspecified atom stereocenters. The monoisotopic (exact) mass is 836 g/mol. The first-order valence-electron chi connectivity index (χ1n) is 18.3. The molecule has 0 aromatic carbocycles. The van der Waals surface area contributed by atoms with Crippen molar-refractivity contribution in [3.05, 3.63) is 18.2 Å². The Hall–Kier alpha value is -6.86. The number of amides is 10. The Bertz CT molecular complexity index is 1700. The lowest BCUT2D eigenvalue weighted by molar-refractivity contribution is -0.136. The summed E-state index contributed by atoms with van der Waals surface area (Å²) in [5.41, 5.74) is 37.8. The number of carbonyl (C=O) groups excluding carboxylic acids is 10. The SMILES string of the molecule is CC(C)[C@H](NC(=O)[C@H](CCC(N)=O)NC(=O)[C@@H](N)CC(N)=O)C(=O)N[C@@H](C)C(=O)N[C@@H](CC(N)=O)C(=O)N[C@@H](Cc1cnc[nH]1)C(=O)N[C@@H](CCCN=C(N)N)C(N)=O. The summed E-state index contributed by atoms with van der Waals surface area (Å²) in [4.78, 5) is 137. The number of nitrogens with two attached hydrogens (primary N) is 7. The third kappa shape index (κ3) is 19.2. The Morgan fingerprint density at radius 1 is 0.644 bits per heavy atom. The largest absolute Gasteiger partial charge is 0.370 e. The van der Waals surface area contributed by atoms with Crippen LogP contribution in [-0.4, -0.2) is 124 Å². The number of nitrogens with one attached hydrogen (secondary N) is 7. The van der Waals surface area contributed by atoms with Crippen LogP contribution >= 0.6 is 0 Å². The summed E-state index contributed by atoms with van der Waals surface area (Å²) in [6.07, 6.45) is 0.809. The number of guanidine groups is 1. The number of rotatable bonds is 27.